The molecular weight excluding hydrogens is 354 g/mol. The van der Waals surface area contributed by atoms with Gasteiger partial charge in [-0.2, -0.15) is 15.0 Å². The first kappa shape index (κ1) is 22.5. The Hall–Kier alpha value is -1.49. The highest BCUT2D eigenvalue weighted by molar-refractivity contribution is 6.61. The molecule has 0 spiro atoms. The zero-order valence-corrected chi connectivity index (χ0v) is 17.9. The van der Waals surface area contributed by atoms with Crippen molar-refractivity contribution in [2.24, 2.45) is 0 Å². The molecule has 0 atom stereocenters. The average molecular weight is 388 g/mol. The molecule has 0 aliphatic carbocycles. The van der Waals surface area contributed by atoms with Gasteiger partial charge in [0.1, 0.15) is 0 Å². The third-order valence-corrected chi connectivity index (χ3v) is 6.27. The predicted octanol–water partition coefficient (Wildman–Crippen LogP) is 2.12. The Bertz CT molecular complexity index is 502. The van der Waals surface area contributed by atoms with Crippen molar-refractivity contribution >= 4 is 20.7 Å². The van der Waals surface area contributed by atoms with Crippen LogP contribution in [-0.4, -0.2) is 69.4 Å². The Kier molecular flexibility index (Phi) is 10.4. The van der Waals surface area contributed by atoms with E-state index in [0.29, 0.717) is 50.5 Å². The molecule has 0 fully saturated rings. The van der Waals surface area contributed by atoms with Crippen LogP contribution in [0.3, 0.4) is 0 Å². The Balaban J connectivity index is 3.04. The van der Waals surface area contributed by atoms with Gasteiger partial charge in [0.15, 0.2) is 0 Å². The lowest BCUT2D eigenvalue weighted by atomic mass is 10.5. The molecule has 150 valence electrons. The van der Waals surface area contributed by atoms with Gasteiger partial charge >= 0.3 is 14.8 Å². The Labute approximate surface area is 157 Å². The van der Waals surface area contributed by atoms with Crippen LogP contribution in [0.4, 0.5) is 11.9 Å². The summed E-state index contributed by atoms with van der Waals surface area (Å²) in [6.07, 6.45) is 0.371. The van der Waals surface area contributed by atoms with Crippen LogP contribution in [0.1, 0.15) is 41.5 Å². The van der Waals surface area contributed by atoms with E-state index >= 15 is 0 Å². The topological polar surface area (TPSA) is 90.9 Å². The molecule has 0 bridgehead atoms. The number of hydrogen-bond donors (Lipinski definition) is 1. The fourth-order valence-electron chi connectivity index (χ4n) is 2.39. The molecule has 1 heterocycles. The van der Waals surface area contributed by atoms with Crippen molar-refractivity contribution in [3.05, 3.63) is 0 Å². The van der Waals surface area contributed by atoms with Gasteiger partial charge in [-0.3, -0.25) is 0 Å². The van der Waals surface area contributed by atoms with Crippen LogP contribution in [0.15, 0.2) is 0 Å². The van der Waals surface area contributed by atoms with Crippen LogP contribution in [0.25, 0.3) is 0 Å². The quantitative estimate of drug-likeness (QED) is 0.482. The molecule has 0 saturated carbocycles. The monoisotopic (exact) mass is 387 g/mol. The van der Waals surface area contributed by atoms with Gasteiger partial charge in [0.05, 0.1) is 12.8 Å². The number of anilines is 2. The van der Waals surface area contributed by atoms with E-state index in [0.717, 1.165) is 13.1 Å². The van der Waals surface area contributed by atoms with E-state index < -0.39 is 8.80 Å². The molecule has 1 aromatic heterocycles. The van der Waals surface area contributed by atoms with Crippen molar-refractivity contribution < 1.29 is 18.0 Å². The minimum absolute atomic E-state index is 0.295. The van der Waals surface area contributed by atoms with Crippen molar-refractivity contribution in [1.29, 1.82) is 0 Å². The number of ether oxygens (including phenoxy) is 1. The highest BCUT2D eigenvalue weighted by Gasteiger charge is 2.40. The van der Waals surface area contributed by atoms with E-state index in [2.05, 4.69) is 34.1 Å². The summed E-state index contributed by atoms with van der Waals surface area (Å²) in [6.45, 7) is 15.4. The largest absolute Gasteiger partial charge is 0.521 e. The first-order valence-corrected chi connectivity index (χ1v) is 11.3. The van der Waals surface area contributed by atoms with Gasteiger partial charge in [0.25, 0.3) is 0 Å². The molecule has 0 unspecified atom stereocenters. The Morgan fingerprint density at radius 2 is 1.38 bits per heavy atom. The second-order valence-electron chi connectivity index (χ2n) is 5.18. The van der Waals surface area contributed by atoms with Crippen LogP contribution >= 0.6 is 0 Å². The van der Waals surface area contributed by atoms with E-state index in [1.807, 2.05) is 32.6 Å². The molecule has 1 N–H and O–H groups in total. The third-order valence-electron chi connectivity index (χ3n) is 3.48. The molecule has 0 aliphatic rings. The summed E-state index contributed by atoms with van der Waals surface area (Å²) in [5.41, 5.74) is 0. The lowest BCUT2D eigenvalue weighted by Crippen LogP contribution is -2.52. The van der Waals surface area contributed by atoms with E-state index in [4.69, 9.17) is 18.0 Å². The lowest BCUT2D eigenvalue weighted by molar-refractivity contribution is 0.0740. The molecule has 0 aromatic carbocycles. The predicted molar refractivity (Wildman–Crippen MR) is 104 cm³/mol. The van der Waals surface area contributed by atoms with Gasteiger partial charge in [-0.15, -0.1) is 0 Å². The van der Waals surface area contributed by atoms with E-state index in [1.165, 1.54) is 0 Å². The normalized spacial score (nSPS) is 11.5. The fraction of sp³-hybridized carbons (Fsp3) is 0.812. The summed E-state index contributed by atoms with van der Waals surface area (Å²) in [5.74, 6) is 0.994. The number of nitrogens with one attached hydrogen (secondary N) is 1. The van der Waals surface area contributed by atoms with Crippen molar-refractivity contribution in [2.45, 2.75) is 41.5 Å². The SMILES string of the molecule is CCOc1nc(NC[Si](OCC)(OCC)OCC)nc(N(CC)CC)n1. The fourth-order valence-corrected chi connectivity index (χ4v) is 4.64. The van der Waals surface area contributed by atoms with Crippen molar-refractivity contribution in [3.63, 3.8) is 0 Å². The van der Waals surface area contributed by atoms with Gasteiger partial charge < -0.3 is 28.2 Å². The highest BCUT2D eigenvalue weighted by Crippen LogP contribution is 2.17. The molecular formula is C16H33N5O4Si. The molecule has 0 aliphatic heterocycles. The third kappa shape index (κ3) is 6.67. The standard InChI is InChI=1S/C16H33N5O4Si/c1-7-21(8-2)15-18-14(19-16(20-15)22-9-3)17-13-26(23-10-4,24-11-5)25-12-6/h7-13H2,1-6H3,(H,17,18,19,20). The molecule has 10 heteroatoms. The van der Waals surface area contributed by atoms with Crippen LogP contribution in [0.2, 0.25) is 0 Å². The minimum Gasteiger partial charge on any atom is -0.464 e. The van der Waals surface area contributed by atoms with Crippen LogP contribution in [-0.2, 0) is 13.3 Å². The second-order valence-corrected chi connectivity index (χ2v) is 7.77. The maximum atomic E-state index is 5.85. The van der Waals surface area contributed by atoms with Gasteiger partial charge in [0, 0.05) is 32.9 Å². The lowest BCUT2D eigenvalue weighted by Gasteiger charge is -2.28. The van der Waals surface area contributed by atoms with Crippen LogP contribution in [0, 0.1) is 0 Å². The van der Waals surface area contributed by atoms with E-state index in [-0.39, 0.29) is 0 Å². The van der Waals surface area contributed by atoms with Gasteiger partial charge in [-0.1, -0.05) is 0 Å². The minimum atomic E-state index is -2.84. The molecule has 9 nitrogen and oxygen atoms in total. The van der Waals surface area contributed by atoms with Gasteiger partial charge in [-0.05, 0) is 41.5 Å². The summed E-state index contributed by atoms with van der Waals surface area (Å²) in [4.78, 5) is 15.3. The Morgan fingerprint density at radius 3 is 1.85 bits per heavy atom. The summed E-state index contributed by atoms with van der Waals surface area (Å²) < 4.78 is 23.0. The van der Waals surface area contributed by atoms with Gasteiger partial charge in [0.2, 0.25) is 11.9 Å². The molecule has 1 aromatic rings. The number of aromatic nitrogens is 3. The van der Waals surface area contributed by atoms with Crippen LogP contribution in [0.5, 0.6) is 6.01 Å². The summed E-state index contributed by atoms with van der Waals surface area (Å²) in [7, 11) is -2.84. The molecule has 26 heavy (non-hydrogen) atoms. The van der Waals surface area contributed by atoms with E-state index in [1.54, 1.807) is 0 Å². The summed E-state index contributed by atoms with van der Waals surface area (Å²) >= 11 is 0. The number of rotatable bonds is 14. The first-order chi connectivity index (χ1) is 12.6. The molecule has 0 radical (unpaired) electrons. The van der Waals surface area contributed by atoms with Crippen molar-refractivity contribution in [3.8, 4) is 6.01 Å². The van der Waals surface area contributed by atoms with Gasteiger partial charge in [-0.25, -0.2) is 0 Å². The summed E-state index contributed by atoms with van der Waals surface area (Å²) in [6, 6.07) is 0.295. The van der Waals surface area contributed by atoms with E-state index in [9.17, 15) is 0 Å². The zero-order valence-electron chi connectivity index (χ0n) is 16.9. The maximum Gasteiger partial charge on any atom is 0.521 e. The number of nitrogens with zero attached hydrogens (tertiary/aromatic N) is 4. The first-order valence-electron chi connectivity index (χ1n) is 9.37. The molecule has 0 amide bonds. The average Bonchev–Trinajstić information content (AvgIpc) is 2.62. The zero-order chi connectivity index (χ0) is 19.4. The van der Waals surface area contributed by atoms with Crippen molar-refractivity contribution in [1.82, 2.24) is 15.0 Å². The smallest absolute Gasteiger partial charge is 0.464 e. The number of hydrogen-bond acceptors (Lipinski definition) is 9. The maximum absolute atomic E-state index is 5.85. The van der Waals surface area contributed by atoms with Crippen LogP contribution < -0.4 is 15.0 Å². The highest BCUT2D eigenvalue weighted by atomic mass is 28.4. The Morgan fingerprint density at radius 1 is 0.808 bits per heavy atom. The molecule has 1 rings (SSSR count). The second kappa shape index (κ2) is 12.0. The summed E-state index contributed by atoms with van der Waals surface area (Å²) in [5, 5.41) is 3.20. The van der Waals surface area contributed by atoms with Crippen molar-refractivity contribution in [2.75, 3.05) is 55.9 Å². The molecule has 0 saturated heterocycles.